The zero-order valence-electron chi connectivity index (χ0n) is 17.4. The molecule has 0 spiro atoms. The first-order valence-corrected chi connectivity index (χ1v) is 10.8. The molecular formula is C25H23ClFN3O2. The van der Waals surface area contributed by atoms with Gasteiger partial charge in [-0.15, -0.1) is 0 Å². The predicted molar refractivity (Wildman–Crippen MR) is 124 cm³/mol. The van der Waals surface area contributed by atoms with Crippen molar-refractivity contribution in [3.8, 4) is 5.75 Å². The molecule has 7 heteroatoms. The summed E-state index contributed by atoms with van der Waals surface area (Å²) in [4.78, 5) is 17.0. The molecular weight excluding hydrogens is 429 g/mol. The first-order chi connectivity index (χ1) is 15.6. The van der Waals surface area contributed by atoms with Crippen LogP contribution in [-0.2, 0) is 13.0 Å². The second-order valence-corrected chi connectivity index (χ2v) is 7.77. The number of amides is 1. The van der Waals surface area contributed by atoms with E-state index in [1.54, 1.807) is 12.1 Å². The number of carbonyl (C=O) groups excluding carboxylic acids is 1. The highest BCUT2D eigenvalue weighted by molar-refractivity contribution is 6.30. The molecule has 5 nitrogen and oxygen atoms in total. The molecule has 0 radical (unpaired) electrons. The highest BCUT2D eigenvalue weighted by Crippen LogP contribution is 2.18. The minimum atomic E-state index is -0.365. The number of aryl methyl sites for hydroxylation is 1. The predicted octanol–water partition coefficient (Wildman–Crippen LogP) is 5.27. The van der Waals surface area contributed by atoms with Crippen LogP contribution in [0.2, 0.25) is 5.02 Å². The van der Waals surface area contributed by atoms with Crippen molar-refractivity contribution in [3.05, 3.63) is 95.0 Å². The summed E-state index contributed by atoms with van der Waals surface area (Å²) in [6.07, 6.45) is 1.39. The van der Waals surface area contributed by atoms with Crippen LogP contribution in [0, 0.1) is 5.82 Å². The lowest BCUT2D eigenvalue weighted by atomic mass is 10.2. The van der Waals surface area contributed by atoms with Crippen LogP contribution in [0.5, 0.6) is 5.75 Å². The number of halogens is 2. The molecule has 1 N–H and O–H groups in total. The Morgan fingerprint density at radius 1 is 1.03 bits per heavy atom. The molecule has 0 saturated heterocycles. The van der Waals surface area contributed by atoms with Crippen molar-refractivity contribution in [1.82, 2.24) is 14.9 Å². The third-order valence-corrected chi connectivity index (χ3v) is 5.33. The van der Waals surface area contributed by atoms with Crippen LogP contribution in [0.3, 0.4) is 0 Å². The monoisotopic (exact) mass is 451 g/mol. The SMILES string of the molecule is O=C(NCCc1nc2ccccc2n1CCCOc1ccc(Cl)cc1)c1ccc(F)cc1. The molecule has 3 aromatic carbocycles. The smallest absolute Gasteiger partial charge is 0.251 e. The van der Waals surface area contributed by atoms with Gasteiger partial charge in [-0.25, -0.2) is 9.37 Å². The summed E-state index contributed by atoms with van der Waals surface area (Å²) in [6.45, 7) is 1.74. The van der Waals surface area contributed by atoms with Crippen LogP contribution in [0.1, 0.15) is 22.6 Å². The van der Waals surface area contributed by atoms with Gasteiger partial charge in [0, 0.05) is 30.1 Å². The van der Waals surface area contributed by atoms with Crippen molar-refractivity contribution < 1.29 is 13.9 Å². The van der Waals surface area contributed by atoms with E-state index in [0.717, 1.165) is 35.6 Å². The maximum atomic E-state index is 13.1. The Hall–Kier alpha value is -3.38. The number of rotatable bonds is 9. The molecule has 1 amide bonds. The molecule has 0 aliphatic rings. The zero-order chi connectivity index (χ0) is 22.3. The molecule has 1 aromatic heterocycles. The topological polar surface area (TPSA) is 56.2 Å². The first kappa shape index (κ1) is 21.8. The van der Waals surface area contributed by atoms with Gasteiger partial charge in [-0.05, 0) is 67.1 Å². The number of imidazole rings is 1. The minimum absolute atomic E-state index is 0.232. The molecule has 1 heterocycles. The summed E-state index contributed by atoms with van der Waals surface area (Å²) in [5, 5.41) is 3.56. The summed E-state index contributed by atoms with van der Waals surface area (Å²) in [7, 11) is 0. The van der Waals surface area contributed by atoms with E-state index in [9.17, 15) is 9.18 Å². The standard InChI is InChI=1S/C25H23ClFN3O2/c26-19-8-12-21(13-9-19)32-17-3-16-30-23-5-2-1-4-22(23)29-24(30)14-15-28-25(31)18-6-10-20(27)11-7-18/h1-2,4-13H,3,14-17H2,(H,28,31). The van der Waals surface area contributed by atoms with E-state index >= 15 is 0 Å². The Morgan fingerprint density at radius 3 is 2.56 bits per heavy atom. The van der Waals surface area contributed by atoms with Crippen molar-refractivity contribution in [2.75, 3.05) is 13.2 Å². The summed E-state index contributed by atoms with van der Waals surface area (Å²) in [5.74, 6) is 1.09. The van der Waals surface area contributed by atoms with Crippen LogP contribution >= 0.6 is 11.6 Å². The third-order valence-electron chi connectivity index (χ3n) is 5.08. The van der Waals surface area contributed by atoms with Gasteiger partial charge in [-0.1, -0.05) is 23.7 Å². The normalized spacial score (nSPS) is 10.9. The second-order valence-electron chi connectivity index (χ2n) is 7.34. The number of para-hydroxylation sites is 2. The van der Waals surface area contributed by atoms with E-state index in [-0.39, 0.29) is 11.7 Å². The Bertz CT molecular complexity index is 1190. The Balaban J connectivity index is 1.36. The summed E-state index contributed by atoms with van der Waals surface area (Å²) in [5.41, 5.74) is 2.41. The Labute approximate surface area is 190 Å². The minimum Gasteiger partial charge on any atom is -0.494 e. The van der Waals surface area contributed by atoms with Gasteiger partial charge in [0.15, 0.2) is 0 Å². The lowest BCUT2D eigenvalue weighted by Gasteiger charge is -2.11. The first-order valence-electron chi connectivity index (χ1n) is 10.5. The number of carbonyl (C=O) groups is 1. The molecule has 4 rings (SSSR count). The van der Waals surface area contributed by atoms with Gasteiger partial charge >= 0.3 is 0 Å². The molecule has 0 saturated carbocycles. The van der Waals surface area contributed by atoms with E-state index < -0.39 is 0 Å². The number of ether oxygens (including phenoxy) is 1. The average Bonchev–Trinajstić information content (AvgIpc) is 3.15. The van der Waals surface area contributed by atoms with Gasteiger partial charge in [-0.3, -0.25) is 4.79 Å². The largest absolute Gasteiger partial charge is 0.494 e. The number of aromatic nitrogens is 2. The van der Waals surface area contributed by atoms with Crippen LogP contribution in [-0.4, -0.2) is 28.6 Å². The number of benzene rings is 3. The van der Waals surface area contributed by atoms with Crippen molar-refractivity contribution in [1.29, 1.82) is 0 Å². The molecule has 0 aliphatic carbocycles. The van der Waals surface area contributed by atoms with Gasteiger partial charge in [0.2, 0.25) is 0 Å². The Kier molecular flexibility index (Phi) is 7.02. The highest BCUT2D eigenvalue weighted by atomic mass is 35.5. The maximum absolute atomic E-state index is 13.1. The molecule has 32 heavy (non-hydrogen) atoms. The van der Waals surface area contributed by atoms with E-state index in [1.807, 2.05) is 36.4 Å². The molecule has 4 aromatic rings. The fraction of sp³-hybridized carbons (Fsp3) is 0.200. The van der Waals surface area contributed by atoms with Crippen molar-refractivity contribution in [2.24, 2.45) is 0 Å². The molecule has 0 unspecified atom stereocenters. The third kappa shape index (κ3) is 5.45. The quantitative estimate of drug-likeness (QED) is 0.353. The fourth-order valence-electron chi connectivity index (χ4n) is 3.50. The molecule has 0 fully saturated rings. The van der Waals surface area contributed by atoms with Crippen LogP contribution in [0.25, 0.3) is 11.0 Å². The number of nitrogens with zero attached hydrogens (tertiary/aromatic N) is 2. The van der Waals surface area contributed by atoms with E-state index in [1.165, 1.54) is 24.3 Å². The maximum Gasteiger partial charge on any atom is 0.251 e. The van der Waals surface area contributed by atoms with Gasteiger partial charge in [-0.2, -0.15) is 0 Å². The lowest BCUT2D eigenvalue weighted by Crippen LogP contribution is -2.26. The lowest BCUT2D eigenvalue weighted by molar-refractivity contribution is 0.0954. The van der Waals surface area contributed by atoms with Crippen LogP contribution in [0.4, 0.5) is 4.39 Å². The Morgan fingerprint density at radius 2 is 1.78 bits per heavy atom. The molecule has 0 aliphatic heterocycles. The fourth-order valence-corrected chi connectivity index (χ4v) is 3.63. The molecule has 0 bridgehead atoms. The van der Waals surface area contributed by atoms with Gasteiger partial charge < -0.3 is 14.6 Å². The second kappa shape index (κ2) is 10.3. The molecule has 164 valence electrons. The van der Waals surface area contributed by atoms with Crippen molar-refractivity contribution >= 4 is 28.5 Å². The summed E-state index contributed by atoms with van der Waals surface area (Å²) in [6, 6.07) is 20.8. The van der Waals surface area contributed by atoms with Crippen LogP contribution in [0.15, 0.2) is 72.8 Å². The average molecular weight is 452 g/mol. The van der Waals surface area contributed by atoms with E-state index in [0.29, 0.717) is 30.2 Å². The van der Waals surface area contributed by atoms with E-state index in [2.05, 4.69) is 9.88 Å². The van der Waals surface area contributed by atoms with Gasteiger partial charge in [0.1, 0.15) is 17.4 Å². The van der Waals surface area contributed by atoms with Crippen molar-refractivity contribution in [3.63, 3.8) is 0 Å². The zero-order valence-corrected chi connectivity index (χ0v) is 18.2. The number of hydrogen-bond donors (Lipinski definition) is 1. The van der Waals surface area contributed by atoms with E-state index in [4.69, 9.17) is 21.3 Å². The number of fused-ring (bicyclic) bond motifs is 1. The summed E-state index contributed by atoms with van der Waals surface area (Å²) >= 11 is 5.91. The van der Waals surface area contributed by atoms with Crippen LogP contribution < -0.4 is 10.1 Å². The van der Waals surface area contributed by atoms with Gasteiger partial charge in [0.25, 0.3) is 5.91 Å². The van der Waals surface area contributed by atoms with Gasteiger partial charge in [0.05, 0.1) is 17.6 Å². The number of nitrogens with one attached hydrogen (secondary N) is 1. The molecule has 0 atom stereocenters. The van der Waals surface area contributed by atoms with Crippen molar-refractivity contribution in [2.45, 2.75) is 19.4 Å². The number of hydrogen-bond acceptors (Lipinski definition) is 3. The highest BCUT2D eigenvalue weighted by Gasteiger charge is 2.11. The summed E-state index contributed by atoms with van der Waals surface area (Å²) < 4.78 is 21.0.